The zero-order valence-electron chi connectivity index (χ0n) is 24.1. The lowest BCUT2D eigenvalue weighted by molar-refractivity contribution is -0.133. The second-order valence-corrected chi connectivity index (χ2v) is 11.0. The quantitative estimate of drug-likeness (QED) is 0.161. The van der Waals surface area contributed by atoms with E-state index in [0.717, 1.165) is 22.0 Å². The summed E-state index contributed by atoms with van der Waals surface area (Å²) in [7, 11) is 0. The number of hydrogen-bond donors (Lipinski definition) is 6. The smallest absolute Gasteiger partial charge is 0.245 e. The van der Waals surface area contributed by atoms with Crippen molar-refractivity contribution in [3.8, 4) is 0 Å². The van der Waals surface area contributed by atoms with Crippen LogP contribution in [0.3, 0.4) is 0 Å². The zero-order chi connectivity index (χ0) is 30.3. The third kappa shape index (κ3) is 7.09. The molecule has 4 aromatic rings. The van der Waals surface area contributed by atoms with Crippen molar-refractivity contribution in [1.29, 1.82) is 0 Å². The molecule has 0 aliphatic carbocycles. The van der Waals surface area contributed by atoms with E-state index in [1.54, 1.807) is 6.20 Å². The Balaban J connectivity index is 1.54. The molecule has 2 bridgehead atoms. The standard InChI is InChI=1S/C31H38N8O4/c1-19(40)28-26-18-39(38-37-26)27(15-20-9-3-2-4-10-20)31(43)35-25(16-21-17-33-23-12-6-5-11-22(21)23)30(42)34-24(29(41)36-28)13-7-8-14-32/h2-6,9-12,17-19,24-25,27-28,33,40H,7-8,13-16,32H2,1H3,(H,34,42)(H,35,43)(H,36,41)/t19-,24+,25+,27-,28+/m0/s1. The molecular formula is C31H38N8O4. The first-order valence-electron chi connectivity index (χ1n) is 14.6. The van der Waals surface area contributed by atoms with E-state index in [-0.39, 0.29) is 12.8 Å². The summed E-state index contributed by atoms with van der Waals surface area (Å²) in [6.45, 7) is 1.99. The molecule has 2 aromatic heterocycles. The van der Waals surface area contributed by atoms with Gasteiger partial charge >= 0.3 is 0 Å². The Kier molecular flexibility index (Phi) is 9.48. The van der Waals surface area contributed by atoms with Crippen LogP contribution in [0.5, 0.6) is 0 Å². The monoisotopic (exact) mass is 586 g/mol. The molecule has 0 saturated heterocycles. The number of aromatic nitrogens is 4. The van der Waals surface area contributed by atoms with Crippen LogP contribution in [-0.2, 0) is 27.2 Å². The molecule has 12 heteroatoms. The predicted octanol–water partition coefficient (Wildman–Crippen LogP) is 1.44. The van der Waals surface area contributed by atoms with Crippen molar-refractivity contribution in [2.24, 2.45) is 5.73 Å². The number of aliphatic hydroxyl groups is 1. The van der Waals surface area contributed by atoms with Gasteiger partial charge in [0.2, 0.25) is 17.7 Å². The van der Waals surface area contributed by atoms with Crippen LogP contribution in [0.2, 0.25) is 0 Å². The molecular weight excluding hydrogens is 548 g/mol. The zero-order valence-corrected chi connectivity index (χ0v) is 24.1. The number of nitrogens with two attached hydrogens (primary N) is 1. The minimum atomic E-state index is -1.02. The topological polar surface area (TPSA) is 180 Å². The summed E-state index contributed by atoms with van der Waals surface area (Å²) in [5.74, 6) is -1.38. The number of amides is 3. The number of fused-ring (bicyclic) bond motifs is 3. The molecule has 43 heavy (non-hydrogen) atoms. The molecule has 226 valence electrons. The fourth-order valence-corrected chi connectivity index (χ4v) is 5.46. The Morgan fingerprint density at radius 1 is 0.907 bits per heavy atom. The molecule has 3 amide bonds. The fourth-order valence-electron chi connectivity index (χ4n) is 5.46. The van der Waals surface area contributed by atoms with Crippen LogP contribution >= 0.6 is 0 Å². The molecule has 2 aromatic carbocycles. The average molecular weight is 587 g/mol. The van der Waals surface area contributed by atoms with E-state index in [1.807, 2.05) is 60.8 Å². The Hall–Kier alpha value is -4.55. The second kappa shape index (κ2) is 13.6. The summed E-state index contributed by atoms with van der Waals surface area (Å²) in [6.07, 6.45) is 4.45. The third-order valence-electron chi connectivity index (χ3n) is 7.83. The van der Waals surface area contributed by atoms with Gasteiger partial charge in [0.25, 0.3) is 0 Å². The van der Waals surface area contributed by atoms with Gasteiger partial charge in [0.05, 0.1) is 12.3 Å². The van der Waals surface area contributed by atoms with E-state index in [1.165, 1.54) is 11.6 Å². The van der Waals surface area contributed by atoms with Gasteiger partial charge in [-0.05, 0) is 49.9 Å². The van der Waals surface area contributed by atoms with Crippen molar-refractivity contribution in [3.63, 3.8) is 0 Å². The van der Waals surface area contributed by atoms with Crippen LogP contribution in [0, 0.1) is 0 Å². The van der Waals surface area contributed by atoms with Gasteiger partial charge in [-0.25, -0.2) is 4.68 Å². The van der Waals surface area contributed by atoms with E-state index in [9.17, 15) is 19.5 Å². The van der Waals surface area contributed by atoms with Crippen LogP contribution in [0.25, 0.3) is 10.9 Å². The Bertz CT molecular complexity index is 1550. The van der Waals surface area contributed by atoms with Gasteiger partial charge in [-0.15, -0.1) is 5.10 Å². The Morgan fingerprint density at radius 2 is 1.63 bits per heavy atom. The number of aromatic amines is 1. The summed E-state index contributed by atoms with van der Waals surface area (Å²) in [6, 6.07) is 13.5. The van der Waals surface area contributed by atoms with Crippen LogP contribution in [0.4, 0.5) is 0 Å². The first-order chi connectivity index (χ1) is 20.8. The Labute approximate surface area is 249 Å². The van der Waals surface area contributed by atoms with Crippen molar-refractivity contribution in [2.75, 3.05) is 6.54 Å². The summed E-state index contributed by atoms with van der Waals surface area (Å²) in [4.78, 5) is 44.7. The van der Waals surface area contributed by atoms with Crippen LogP contribution in [0.15, 0.2) is 67.0 Å². The lowest BCUT2D eigenvalue weighted by Gasteiger charge is -2.26. The number of rotatable bonds is 9. The second-order valence-electron chi connectivity index (χ2n) is 11.0. The number of para-hydroxylation sites is 1. The number of unbranched alkanes of at least 4 members (excludes halogenated alkanes) is 1. The average Bonchev–Trinajstić information content (AvgIpc) is 3.65. The normalized spacial score (nSPS) is 22.1. The maximum atomic E-state index is 14.0. The van der Waals surface area contributed by atoms with E-state index >= 15 is 0 Å². The lowest BCUT2D eigenvalue weighted by atomic mass is 10.0. The minimum absolute atomic E-state index is 0.190. The van der Waals surface area contributed by atoms with E-state index in [2.05, 4.69) is 31.2 Å². The highest BCUT2D eigenvalue weighted by molar-refractivity contribution is 5.94. The third-order valence-corrected chi connectivity index (χ3v) is 7.83. The SMILES string of the molecule is C[C@H](O)[C@H]1NC(=O)[C@@H](CCCCN)NC(=O)[C@@H](Cc2c[nH]c3ccccc23)NC(=O)[C@H](Cc2ccccc2)n2cc1nn2. The van der Waals surface area contributed by atoms with E-state index in [4.69, 9.17) is 5.73 Å². The van der Waals surface area contributed by atoms with Crippen molar-refractivity contribution >= 4 is 28.6 Å². The molecule has 12 nitrogen and oxygen atoms in total. The van der Waals surface area contributed by atoms with Gasteiger partial charge < -0.3 is 31.8 Å². The van der Waals surface area contributed by atoms with Crippen molar-refractivity contribution < 1.29 is 19.5 Å². The number of nitrogens with one attached hydrogen (secondary N) is 4. The van der Waals surface area contributed by atoms with Crippen LogP contribution < -0.4 is 21.7 Å². The molecule has 0 unspecified atom stereocenters. The number of carbonyl (C=O) groups excluding carboxylic acids is 3. The number of H-pyrrole nitrogens is 1. The van der Waals surface area contributed by atoms with E-state index < -0.39 is 48.0 Å². The highest BCUT2D eigenvalue weighted by atomic mass is 16.3. The number of hydrogen-bond acceptors (Lipinski definition) is 7. The summed E-state index contributed by atoms with van der Waals surface area (Å²) < 4.78 is 1.43. The number of aliphatic hydroxyl groups excluding tert-OH is 1. The molecule has 0 spiro atoms. The predicted molar refractivity (Wildman–Crippen MR) is 161 cm³/mol. The first-order valence-corrected chi connectivity index (χ1v) is 14.6. The van der Waals surface area contributed by atoms with Gasteiger partial charge in [-0.2, -0.15) is 0 Å². The summed E-state index contributed by atoms with van der Waals surface area (Å²) in [5.41, 5.74) is 8.64. The van der Waals surface area contributed by atoms with Gasteiger partial charge in [-0.1, -0.05) is 53.7 Å². The summed E-state index contributed by atoms with van der Waals surface area (Å²) >= 11 is 0. The maximum Gasteiger partial charge on any atom is 0.245 e. The largest absolute Gasteiger partial charge is 0.391 e. The molecule has 3 heterocycles. The lowest BCUT2D eigenvalue weighted by Crippen LogP contribution is -2.55. The van der Waals surface area contributed by atoms with Crippen molar-refractivity contribution in [3.05, 3.63) is 83.8 Å². The molecule has 0 radical (unpaired) electrons. The van der Waals surface area contributed by atoms with Crippen molar-refractivity contribution in [2.45, 2.75) is 69.3 Å². The molecule has 1 aliphatic heterocycles. The molecule has 1 aliphatic rings. The number of benzene rings is 2. The van der Waals surface area contributed by atoms with Crippen LogP contribution in [-0.4, -0.2) is 67.5 Å². The van der Waals surface area contributed by atoms with Gasteiger partial charge in [-0.3, -0.25) is 14.4 Å². The Morgan fingerprint density at radius 3 is 2.40 bits per heavy atom. The molecule has 5 atom stereocenters. The molecule has 5 rings (SSSR count). The summed E-state index contributed by atoms with van der Waals surface area (Å²) in [5, 5.41) is 28.7. The number of carbonyl (C=O) groups is 3. The fraction of sp³-hybridized carbons (Fsp3) is 0.387. The van der Waals surface area contributed by atoms with Crippen LogP contribution in [0.1, 0.15) is 55.1 Å². The molecule has 7 N–H and O–H groups in total. The van der Waals surface area contributed by atoms with E-state index in [0.29, 0.717) is 31.5 Å². The van der Waals surface area contributed by atoms with Gasteiger partial charge in [0, 0.05) is 29.9 Å². The number of nitrogens with zero attached hydrogens (tertiary/aromatic N) is 3. The highest BCUT2D eigenvalue weighted by Crippen LogP contribution is 2.22. The van der Waals surface area contributed by atoms with Crippen molar-refractivity contribution in [1.82, 2.24) is 35.9 Å². The minimum Gasteiger partial charge on any atom is -0.391 e. The maximum absolute atomic E-state index is 14.0. The first kappa shape index (κ1) is 29.9. The molecule has 0 saturated carbocycles. The van der Waals surface area contributed by atoms with Gasteiger partial charge in [0.15, 0.2) is 0 Å². The highest BCUT2D eigenvalue weighted by Gasteiger charge is 2.34. The van der Waals surface area contributed by atoms with Gasteiger partial charge in [0.1, 0.15) is 29.9 Å². The molecule has 0 fully saturated rings.